The van der Waals surface area contributed by atoms with Gasteiger partial charge in [0.1, 0.15) is 11.6 Å². The highest BCUT2D eigenvalue weighted by Gasteiger charge is 2.09. The Hall–Kier alpha value is -3.41. The first-order valence-corrected chi connectivity index (χ1v) is 11.8. The predicted molar refractivity (Wildman–Crippen MR) is 138 cm³/mol. The van der Waals surface area contributed by atoms with Crippen molar-refractivity contribution in [2.75, 3.05) is 0 Å². The van der Waals surface area contributed by atoms with Crippen LogP contribution in [0.3, 0.4) is 0 Å². The van der Waals surface area contributed by atoms with E-state index < -0.39 is 5.82 Å². The molecular weight excluding hydrogens is 446 g/mol. The van der Waals surface area contributed by atoms with Crippen LogP contribution >= 0.6 is 11.6 Å². The molecule has 0 aliphatic heterocycles. The second-order valence-electron chi connectivity index (χ2n) is 8.28. The molecule has 0 saturated carbocycles. The molecule has 170 valence electrons. The van der Waals surface area contributed by atoms with Crippen molar-refractivity contribution >= 4 is 22.4 Å². The van der Waals surface area contributed by atoms with Crippen LogP contribution in [-0.4, -0.2) is 0 Å². The molecule has 34 heavy (non-hydrogen) atoms. The molecule has 0 nitrogen and oxygen atoms in total. The standard InChI is InChI=1S/C31H25ClF2/c1-2-3-4-5-22-6-8-23(9-7-22)10-11-24-13-18-28-27(20-24)17-16-26(31(28)34)15-12-25-14-19-29(32)30(33)21-25/h2-3,6-9,13-14,16-21H,4-5,12,15H2,1H3/b3-2+. The number of hydrogen-bond donors (Lipinski definition) is 0. The topological polar surface area (TPSA) is 0 Å². The quantitative estimate of drug-likeness (QED) is 0.196. The molecule has 4 aromatic rings. The molecule has 0 bridgehead atoms. The molecule has 0 saturated heterocycles. The highest BCUT2D eigenvalue weighted by Crippen LogP contribution is 2.24. The Morgan fingerprint density at radius 3 is 2.26 bits per heavy atom. The van der Waals surface area contributed by atoms with E-state index in [0.29, 0.717) is 23.8 Å². The van der Waals surface area contributed by atoms with Gasteiger partial charge in [0.2, 0.25) is 0 Å². The van der Waals surface area contributed by atoms with Crippen molar-refractivity contribution in [3.05, 3.63) is 129 Å². The van der Waals surface area contributed by atoms with Crippen molar-refractivity contribution in [1.82, 2.24) is 0 Å². The monoisotopic (exact) mass is 470 g/mol. The molecule has 0 fully saturated rings. The first kappa shape index (κ1) is 23.7. The Morgan fingerprint density at radius 2 is 1.50 bits per heavy atom. The minimum atomic E-state index is -0.452. The lowest BCUT2D eigenvalue weighted by Crippen LogP contribution is -1.97. The molecular formula is C31H25ClF2. The van der Waals surface area contributed by atoms with Gasteiger partial charge in [-0.3, -0.25) is 0 Å². The zero-order valence-corrected chi connectivity index (χ0v) is 19.8. The Bertz CT molecular complexity index is 1390. The van der Waals surface area contributed by atoms with Gasteiger partial charge in [0.05, 0.1) is 5.02 Å². The Kier molecular flexibility index (Phi) is 7.78. The summed E-state index contributed by atoms with van der Waals surface area (Å²) in [4.78, 5) is 0. The molecule has 0 heterocycles. The maximum Gasteiger partial charge on any atom is 0.142 e. The van der Waals surface area contributed by atoms with Crippen molar-refractivity contribution in [2.24, 2.45) is 0 Å². The zero-order chi connectivity index (χ0) is 23.9. The summed E-state index contributed by atoms with van der Waals surface area (Å²) >= 11 is 5.74. The van der Waals surface area contributed by atoms with Crippen LogP contribution in [0.5, 0.6) is 0 Å². The van der Waals surface area contributed by atoms with Crippen LogP contribution in [-0.2, 0) is 19.3 Å². The largest absolute Gasteiger partial charge is 0.206 e. The molecule has 0 aliphatic rings. The fraction of sp³-hybridized carbons (Fsp3) is 0.161. The van der Waals surface area contributed by atoms with Crippen molar-refractivity contribution in [3.8, 4) is 11.8 Å². The summed E-state index contributed by atoms with van der Waals surface area (Å²) in [6.07, 6.45) is 7.31. The number of halogens is 3. The molecule has 0 atom stereocenters. The Morgan fingerprint density at radius 1 is 0.765 bits per heavy atom. The second-order valence-corrected chi connectivity index (χ2v) is 8.68. The molecule has 3 heteroatoms. The average Bonchev–Trinajstić information content (AvgIpc) is 2.85. The zero-order valence-electron chi connectivity index (χ0n) is 19.0. The number of allylic oxidation sites excluding steroid dienone is 2. The van der Waals surface area contributed by atoms with Crippen LogP contribution in [0.25, 0.3) is 10.8 Å². The van der Waals surface area contributed by atoms with Crippen LogP contribution in [0.4, 0.5) is 8.78 Å². The van der Waals surface area contributed by atoms with E-state index in [-0.39, 0.29) is 10.8 Å². The highest BCUT2D eigenvalue weighted by molar-refractivity contribution is 6.30. The van der Waals surface area contributed by atoms with Gasteiger partial charge in [0, 0.05) is 16.5 Å². The average molecular weight is 471 g/mol. The molecule has 0 amide bonds. The van der Waals surface area contributed by atoms with Crippen LogP contribution in [0.15, 0.2) is 84.9 Å². The van der Waals surface area contributed by atoms with Gasteiger partial charge in [-0.15, -0.1) is 0 Å². The summed E-state index contributed by atoms with van der Waals surface area (Å²) in [5, 5.41) is 1.47. The van der Waals surface area contributed by atoms with Gasteiger partial charge in [-0.1, -0.05) is 72.0 Å². The van der Waals surface area contributed by atoms with Crippen LogP contribution < -0.4 is 0 Å². The lowest BCUT2D eigenvalue weighted by molar-refractivity contribution is 0.617. The van der Waals surface area contributed by atoms with E-state index in [0.717, 1.165) is 34.9 Å². The molecule has 0 unspecified atom stereocenters. The summed E-state index contributed by atoms with van der Waals surface area (Å²) in [5.74, 6) is 5.69. The third kappa shape index (κ3) is 5.93. The number of rotatable bonds is 6. The van der Waals surface area contributed by atoms with Crippen LogP contribution in [0.2, 0.25) is 5.02 Å². The molecule has 0 spiro atoms. The van der Waals surface area contributed by atoms with Crippen LogP contribution in [0, 0.1) is 23.5 Å². The molecule has 0 N–H and O–H groups in total. The van der Waals surface area contributed by atoms with Crippen LogP contribution in [0.1, 0.15) is 41.2 Å². The predicted octanol–water partition coefficient (Wildman–Crippen LogP) is 8.47. The maximum atomic E-state index is 15.1. The third-order valence-electron chi connectivity index (χ3n) is 5.84. The maximum absolute atomic E-state index is 15.1. The Balaban J connectivity index is 1.47. The lowest BCUT2D eigenvalue weighted by atomic mass is 9.99. The van der Waals surface area contributed by atoms with Gasteiger partial charge in [0.25, 0.3) is 0 Å². The van der Waals surface area contributed by atoms with E-state index in [9.17, 15) is 4.39 Å². The minimum Gasteiger partial charge on any atom is -0.206 e. The minimum absolute atomic E-state index is 0.0941. The summed E-state index contributed by atoms with van der Waals surface area (Å²) in [6, 6.07) is 22.3. The third-order valence-corrected chi connectivity index (χ3v) is 6.15. The van der Waals surface area contributed by atoms with Gasteiger partial charge < -0.3 is 0 Å². The SMILES string of the molecule is C/C=C/CCc1ccc(C#Cc2ccc3c(F)c(CCc4ccc(Cl)c(F)c4)ccc3c2)cc1. The second kappa shape index (κ2) is 11.1. The van der Waals surface area contributed by atoms with E-state index in [4.69, 9.17) is 11.6 Å². The summed E-state index contributed by atoms with van der Waals surface area (Å²) < 4.78 is 28.8. The molecule has 0 radical (unpaired) electrons. The fourth-order valence-corrected chi connectivity index (χ4v) is 4.02. The summed E-state index contributed by atoms with van der Waals surface area (Å²) in [7, 11) is 0. The van der Waals surface area contributed by atoms with E-state index in [1.165, 1.54) is 17.7 Å². The number of benzene rings is 4. The first-order chi connectivity index (χ1) is 16.5. The molecule has 0 aliphatic carbocycles. The van der Waals surface area contributed by atoms with Gasteiger partial charge in [-0.25, -0.2) is 8.78 Å². The number of aryl methyl sites for hydroxylation is 3. The smallest absolute Gasteiger partial charge is 0.142 e. The normalized spacial score (nSPS) is 11.1. The van der Waals surface area contributed by atoms with Crippen molar-refractivity contribution in [2.45, 2.75) is 32.6 Å². The highest BCUT2D eigenvalue weighted by atomic mass is 35.5. The van der Waals surface area contributed by atoms with E-state index in [1.807, 2.05) is 37.3 Å². The first-order valence-electron chi connectivity index (χ1n) is 11.4. The van der Waals surface area contributed by atoms with E-state index in [2.05, 4.69) is 36.1 Å². The van der Waals surface area contributed by atoms with Crippen molar-refractivity contribution < 1.29 is 8.78 Å². The molecule has 0 aromatic heterocycles. The van der Waals surface area contributed by atoms with E-state index >= 15 is 4.39 Å². The molecule has 4 aromatic carbocycles. The summed E-state index contributed by atoms with van der Waals surface area (Å²) in [5.41, 5.74) is 4.49. The number of hydrogen-bond acceptors (Lipinski definition) is 0. The Labute approximate surface area is 204 Å². The van der Waals surface area contributed by atoms with Gasteiger partial charge >= 0.3 is 0 Å². The number of fused-ring (bicyclic) bond motifs is 1. The van der Waals surface area contributed by atoms with Crippen molar-refractivity contribution in [3.63, 3.8) is 0 Å². The lowest BCUT2D eigenvalue weighted by Gasteiger charge is -2.08. The fourth-order valence-electron chi connectivity index (χ4n) is 3.90. The van der Waals surface area contributed by atoms with Crippen molar-refractivity contribution in [1.29, 1.82) is 0 Å². The summed E-state index contributed by atoms with van der Waals surface area (Å²) in [6.45, 7) is 2.03. The van der Waals surface area contributed by atoms with Gasteiger partial charge in [-0.05, 0) is 91.1 Å². The van der Waals surface area contributed by atoms with E-state index in [1.54, 1.807) is 18.2 Å². The van der Waals surface area contributed by atoms with Gasteiger partial charge in [0.15, 0.2) is 0 Å². The molecule has 4 rings (SSSR count). The van der Waals surface area contributed by atoms with Gasteiger partial charge in [-0.2, -0.15) is 0 Å².